The van der Waals surface area contributed by atoms with Gasteiger partial charge in [0.2, 0.25) is 0 Å². The van der Waals surface area contributed by atoms with Crippen molar-refractivity contribution in [1.82, 2.24) is 4.90 Å². The molecule has 0 saturated heterocycles. The van der Waals surface area contributed by atoms with Crippen LogP contribution in [-0.2, 0) is 11.3 Å². The molecule has 0 heterocycles. The molecule has 0 aliphatic rings. The van der Waals surface area contributed by atoms with Gasteiger partial charge in [0, 0.05) is 11.4 Å². The van der Waals surface area contributed by atoms with Crippen molar-refractivity contribution < 1.29 is 9.90 Å². The lowest BCUT2D eigenvalue weighted by atomic mass is 10.2. The third-order valence-corrected chi connectivity index (χ3v) is 3.35. The van der Waals surface area contributed by atoms with Gasteiger partial charge in [0.25, 0.3) is 0 Å². The van der Waals surface area contributed by atoms with Crippen LogP contribution in [0.4, 0.5) is 0 Å². The molecule has 0 amide bonds. The molecule has 0 aromatic heterocycles. The summed E-state index contributed by atoms with van der Waals surface area (Å²) in [5.74, 6) is -0.789. The van der Waals surface area contributed by atoms with Crippen molar-refractivity contribution >= 4 is 17.7 Å². The number of likely N-dealkylation sites (N-methyl/N-ethyl adjacent to an activating group) is 1. The highest BCUT2D eigenvalue weighted by Gasteiger charge is 2.16. The van der Waals surface area contributed by atoms with Crippen LogP contribution in [0.5, 0.6) is 0 Å². The Labute approximate surface area is 100 Å². The van der Waals surface area contributed by atoms with Crippen LogP contribution in [0.15, 0.2) is 29.2 Å². The van der Waals surface area contributed by atoms with E-state index in [1.54, 1.807) is 18.7 Å². The highest BCUT2D eigenvalue weighted by molar-refractivity contribution is 7.98. The molecule has 3 nitrogen and oxygen atoms in total. The van der Waals surface area contributed by atoms with Crippen molar-refractivity contribution in [2.24, 2.45) is 0 Å². The first-order valence-corrected chi connectivity index (χ1v) is 6.33. The first kappa shape index (κ1) is 13.1. The SMILES string of the molecule is CSc1ccc(CN(C)C(C)C(=O)O)cc1. The normalized spacial score (nSPS) is 12.8. The monoisotopic (exact) mass is 239 g/mol. The largest absolute Gasteiger partial charge is 0.480 e. The maximum absolute atomic E-state index is 10.8. The zero-order valence-corrected chi connectivity index (χ0v) is 10.6. The lowest BCUT2D eigenvalue weighted by Crippen LogP contribution is -2.35. The quantitative estimate of drug-likeness (QED) is 0.801. The predicted molar refractivity (Wildman–Crippen MR) is 66.8 cm³/mol. The zero-order chi connectivity index (χ0) is 12.1. The van der Waals surface area contributed by atoms with Gasteiger partial charge in [0.05, 0.1) is 0 Å². The molecule has 1 unspecified atom stereocenters. The molecule has 88 valence electrons. The molecule has 0 fully saturated rings. The van der Waals surface area contributed by atoms with Gasteiger partial charge in [-0.15, -0.1) is 11.8 Å². The van der Waals surface area contributed by atoms with Gasteiger partial charge in [-0.05, 0) is 37.9 Å². The Balaban J connectivity index is 2.62. The molecule has 4 heteroatoms. The maximum atomic E-state index is 10.8. The van der Waals surface area contributed by atoms with Crippen LogP contribution >= 0.6 is 11.8 Å². The number of carboxylic acid groups (broad SMARTS) is 1. The van der Waals surface area contributed by atoms with Gasteiger partial charge < -0.3 is 5.11 Å². The highest BCUT2D eigenvalue weighted by atomic mass is 32.2. The molecule has 1 N–H and O–H groups in total. The molecular weight excluding hydrogens is 222 g/mol. The molecule has 1 rings (SSSR count). The van der Waals surface area contributed by atoms with E-state index in [-0.39, 0.29) is 0 Å². The lowest BCUT2D eigenvalue weighted by Gasteiger charge is -2.21. The Morgan fingerprint density at radius 1 is 1.44 bits per heavy atom. The molecule has 0 aliphatic heterocycles. The predicted octanol–water partition coefficient (Wildman–Crippen LogP) is 2.31. The number of benzene rings is 1. The molecule has 0 aliphatic carbocycles. The van der Waals surface area contributed by atoms with Gasteiger partial charge in [-0.1, -0.05) is 12.1 Å². The summed E-state index contributed by atoms with van der Waals surface area (Å²) in [6.07, 6.45) is 2.04. The summed E-state index contributed by atoms with van der Waals surface area (Å²) in [6.45, 7) is 2.35. The van der Waals surface area contributed by atoms with E-state index in [9.17, 15) is 4.79 Å². The minimum absolute atomic E-state index is 0.458. The van der Waals surface area contributed by atoms with Crippen molar-refractivity contribution in [2.75, 3.05) is 13.3 Å². The van der Waals surface area contributed by atoms with E-state index < -0.39 is 12.0 Å². The average molecular weight is 239 g/mol. The van der Waals surface area contributed by atoms with Crippen LogP contribution in [0.3, 0.4) is 0 Å². The molecule has 0 radical (unpaired) electrons. The van der Waals surface area contributed by atoms with Gasteiger partial charge in [-0.25, -0.2) is 0 Å². The second kappa shape index (κ2) is 5.92. The highest BCUT2D eigenvalue weighted by Crippen LogP contribution is 2.16. The Bertz CT molecular complexity index is 351. The minimum Gasteiger partial charge on any atom is -0.480 e. The van der Waals surface area contributed by atoms with Gasteiger partial charge in [-0.3, -0.25) is 9.69 Å². The second-order valence-corrected chi connectivity index (χ2v) is 4.66. The van der Waals surface area contributed by atoms with Gasteiger partial charge in [0.15, 0.2) is 0 Å². The lowest BCUT2D eigenvalue weighted by molar-refractivity contribution is -0.142. The first-order valence-electron chi connectivity index (χ1n) is 5.10. The number of aliphatic carboxylic acids is 1. The van der Waals surface area contributed by atoms with E-state index >= 15 is 0 Å². The third-order valence-electron chi connectivity index (χ3n) is 2.61. The van der Waals surface area contributed by atoms with Gasteiger partial charge in [-0.2, -0.15) is 0 Å². The van der Waals surface area contributed by atoms with E-state index in [2.05, 4.69) is 12.1 Å². The van der Waals surface area contributed by atoms with Crippen LogP contribution in [-0.4, -0.2) is 35.3 Å². The van der Waals surface area contributed by atoms with Crippen molar-refractivity contribution in [2.45, 2.75) is 24.4 Å². The van der Waals surface area contributed by atoms with Crippen LogP contribution in [0, 0.1) is 0 Å². The molecule has 1 aromatic carbocycles. The van der Waals surface area contributed by atoms with E-state index in [1.165, 1.54) is 4.90 Å². The maximum Gasteiger partial charge on any atom is 0.320 e. The summed E-state index contributed by atoms with van der Waals surface area (Å²) >= 11 is 1.70. The number of hydrogen-bond acceptors (Lipinski definition) is 3. The number of rotatable bonds is 5. The van der Waals surface area contributed by atoms with Crippen LogP contribution in [0.25, 0.3) is 0 Å². The Morgan fingerprint density at radius 3 is 2.44 bits per heavy atom. The van der Waals surface area contributed by atoms with E-state index in [0.29, 0.717) is 6.54 Å². The van der Waals surface area contributed by atoms with Crippen LogP contribution in [0.1, 0.15) is 12.5 Å². The fourth-order valence-corrected chi connectivity index (χ4v) is 1.75. The van der Waals surface area contributed by atoms with Gasteiger partial charge >= 0.3 is 5.97 Å². The number of hydrogen-bond donors (Lipinski definition) is 1. The smallest absolute Gasteiger partial charge is 0.320 e. The van der Waals surface area contributed by atoms with Gasteiger partial charge in [0.1, 0.15) is 6.04 Å². The Kier molecular flexibility index (Phi) is 4.83. The Hall–Kier alpha value is -1.00. The fraction of sp³-hybridized carbons (Fsp3) is 0.417. The van der Waals surface area contributed by atoms with Crippen molar-refractivity contribution in [3.05, 3.63) is 29.8 Å². The molecule has 0 spiro atoms. The molecular formula is C12H17NO2S. The molecule has 0 saturated carbocycles. The van der Waals surface area contributed by atoms with Crippen LogP contribution < -0.4 is 0 Å². The number of carboxylic acids is 1. The molecule has 1 aromatic rings. The van der Waals surface area contributed by atoms with Crippen molar-refractivity contribution in [3.8, 4) is 0 Å². The van der Waals surface area contributed by atoms with Crippen molar-refractivity contribution in [3.63, 3.8) is 0 Å². The molecule has 16 heavy (non-hydrogen) atoms. The van der Waals surface area contributed by atoms with Crippen molar-refractivity contribution in [1.29, 1.82) is 0 Å². The molecule has 1 atom stereocenters. The summed E-state index contributed by atoms with van der Waals surface area (Å²) in [6, 6.07) is 7.73. The summed E-state index contributed by atoms with van der Waals surface area (Å²) in [5, 5.41) is 8.87. The summed E-state index contributed by atoms with van der Waals surface area (Å²) in [4.78, 5) is 13.8. The summed E-state index contributed by atoms with van der Waals surface area (Å²) in [5.41, 5.74) is 1.13. The standard InChI is InChI=1S/C12H17NO2S/c1-9(12(14)15)13(2)8-10-4-6-11(16-3)7-5-10/h4-7,9H,8H2,1-3H3,(H,14,15). The average Bonchev–Trinajstić information content (AvgIpc) is 2.28. The Morgan fingerprint density at radius 2 is 2.00 bits per heavy atom. The summed E-state index contributed by atoms with van der Waals surface area (Å²) in [7, 11) is 1.82. The minimum atomic E-state index is -0.789. The third kappa shape index (κ3) is 3.54. The second-order valence-electron chi connectivity index (χ2n) is 3.78. The molecule has 0 bridgehead atoms. The zero-order valence-electron chi connectivity index (χ0n) is 9.80. The number of carbonyl (C=O) groups is 1. The number of nitrogens with zero attached hydrogens (tertiary/aromatic N) is 1. The van der Waals surface area contributed by atoms with E-state index in [1.807, 2.05) is 30.3 Å². The number of thioether (sulfide) groups is 1. The summed E-state index contributed by atoms with van der Waals surface area (Å²) < 4.78 is 0. The van der Waals surface area contributed by atoms with E-state index in [0.717, 1.165) is 5.56 Å². The van der Waals surface area contributed by atoms with E-state index in [4.69, 9.17) is 5.11 Å². The topological polar surface area (TPSA) is 40.5 Å². The first-order chi connectivity index (χ1) is 7.54. The fourth-order valence-electron chi connectivity index (χ4n) is 1.34. The van der Waals surface area contributed by atoms with Crippen LogP contribution in [0.2, 0.25) is 0 Å².